The summed E-state index contributed by atoms with van der Waals surface area (Å²) in [5.41, 5.74) is 4.60. The van der Waals surface area contributed by atoms with Crippen molar-refractivity contribution in [1.82, 2.24) is 4.90 Å². The van der Waals surface area contributed by atoms with E-state index in [1.54, 1.807) is 20.2 Å². The van der Waals surface area contributed by atoms with Crippen molar-refractivity contribution in [1.29, 1.82) is 0 Å². The minimum absolute atomic E-state index is 0.0139. The Labute approximate surface area is 242 Å². The molecular weight excluding hydrogens is 540 g/mol. The number of phenols is 1. The lowest BCUT2D eigenvalue weighted by Gasteiger charge is -2.50. The molecule has 1 amide bonds. The van der Waals surface area contributed by atoms with Gasteiger partial charge in [0.05, 0.1) is 11.6 Å². The normalized spacial score (nSPS) is 25.3. The lowest BCUT2D eigenvalue weighted by molar-refractivity contribution is -0.148. The summed E-state index contributed by atoms with van der Waals surface area (Å²) in [6.07, 6.45) is 1.64. The van der Waals surface area contributed by atoms with Gasteiger partial charge >= 0.3 is 0 Å². The number of hydrogen-bond donors (Lipinski definition) is 5. The third kappa shape index (κ3) is 4.33. The van der Waals surface area contributed by atoms with Gasteiger partial charge in [-0.25, -0.2) is 0 Å². The summed E-state index contributed by atoms with van der Waals surface area (Å²) in [6, 6.07) is 9.65. The molecule has 0 heterocycles. The minimum Gasteiger partial charge on any atom is -0.510 e. The summed E-state index contributed by atoms with van der Waals surface area (Å²) < 4.78 is 0. The molecule has 0 spiro atoms. The van der Waals surface area contributed by atoms with Gasteiger partial charge in [-0.3, -0.25) is 24.1 Å². The van der Waals surface area contributed by atoms with Crippen LogP contribution in [0, 0.1) is 11.8 Å². The molecule has 6 N–H and O–H groups in total. The molecule has 220 valence electrons. The average molecular weight is 575 g/mol. The highest BCUT2D eigenvalue weighted by Crippen LogP contribution is 2.53. The van der Waals surface area contributed by atoms with Gasteiger partial charge in [-0.15, -0.1) is 0 Å². The number of primary amides is 1. The number of aromatic hydroxyl groups is 1. The molecule has 2 aromatic rings. The summed E-state index contributed by atoms with van der Waals surface area (Å²) in [5.74, 6) is -6.68. The Balaban J connectivity index is 1.64. The number of carbonyl (C=O) groups excluding carboxylic acids is 4. The monoisotopic (exact) mass is 574 g/mol. The third-order valence-corrected chi connectivity index (χ3v) is 8.93. The maximum Gasteiger partial charge on any atom is 0.255 e. The first kappa shape index (κ1) is 29.2. The fraction of sp³-hybridized carbons (Fsp3) is 0.375. The van der Waals surface area contributed by atoms with Crippen LogP contribution in [0.25, 0.3) is 11.1 Å². The van der Waals surface area contributed by atoms with E-state index in [9.17, 15) is 39.6 Å². The van der Waals surface area contributed by atoms with Crippen molar-refractivity contribution in [3.8, 4) is 16.9 Å². The van der Waals surface area contributed by atoms with Crippen LogP contribution in [-0.2, 0) is 27.2 Å². The number of likely N-dealkylation sites (N-methyl/N-ethyl adjacent to an activating group) is 1. The Bertz CT molecular complexity index is 1600. The molecule has 0 aliphatic heterocycles. The van der Waals surface area contributed by atoms with Crippen molar-refractivity contribution < 1.29 is 39.6 Å². The summed E-state index contributed by atoms with van der Waals surface area (Å²) in [6.45, 7) is 1.82. The highest BCUT2D eigenvalue weighted by atomic mass is 16.3. The largest absolute Gasteiger partial charge is 0.510 e. The van der Waals surface area contributed by atoms with Crippen molar-refractivity contribution >= 4 is 23.3 Å². The zero-order valence-corrected chi connectivity index (χ0v) is 23.7. The summed E-state index contributed by atoms with van der Waals surface area (Å²) in [7, 11) is 3.18. The number of hydrogen-bond acceptors (Lipinski definition) is 9. The van der Waals surface area contributed by atoms with Crippen LogP contribution in [0.15, 0.2) is 59.1 Å². The first-order valence-corrected chi connectivity index (χ1v) is 13.9. The molecule has 4 atom stereocenters. The van der Waals surface area contributed by atoms with Gasteiger partial charge < -0.3 is 26.2 Å². The molecule has 42 heavy (non-hydrogen) atoms. The second-order valence-electron chi connectivity index (χ2n) is 11.5. The number of aryl methyl sites for hydroxylation is 1. The molecule has 0 bridgehead atoms. The summed E-state index contributed by atoms with van der Waals surface area (Å²) in [5, 5.41) is 44.9. The number of Topliss-reactive ketones (excluding diaryl/α,β-unsaturated/α-hetero) is 3. The molecule has 0 aromatic heterocycles. The summed E-state index contributed by atoms with van der Waals surface area (Å²) in [4.78, 5) is 52.9. The Hall–Kier alpha value is -4.28. The van der Waals surface area contributed by atoms with Crippen LogP contribution in [0.5, 0.6) is 5.75 Å². The van der Waals surface area contributed by atoms with Gasteiger partial charge in [0.15, 0.2) is 11.4 Å². The number of rotatable bonds is 7. The average Bonchev–Trinajstić information content (AvgIpc) is 2.93. The number of ketones is 3. The lowest BCUT2D eigenvalue weighted by atomic mass is 9.58. The molecular formula is C32H34N2O8. The van der Waals surface area contributed by atoms with E-state index in [2.05, 4.69) is 0 Å². The molecule has 2 aromatic carbocycles. The third-order valence-electron chi connectivity index (χ3n) is 8.93. The molecule has 3 aliphatic rings. The van der Waals surface area contributed by atoms with Gasteiger partial charge in [0.1, 0.15) is 28.6 Å². The van der Waals surface area contributed by atoms with E-state index in [1.165, 1.54) is 11.0 Å². The standard InChI is InChI=1S/C32H34N2O8/c1-4-18(35)9-8-15-6-5-7-16(12-15)19-10-11-22(36)24-20(19)13-17-14-21-26(34(2)3)28(38)25(31(33)41)30(40)32(21,42)29(39)23(17)27(24)37/h5-7,10-12,17,21,26,36,38-39,42H,4,8-9,13-14H2,1-3H3,(H2,33,41). The van der Waals surface area contributed by atoms with Crippen LogP contribution in [0.1, 0.15) is 47.7 Å². The quantitative estimate of drug-likeness (QED) is 0.311. The lowest BCUT2D eigenvalue weighted by Crippen LogP contribution is -2.63. The predicted molar refractivity (Wildman–Crippen MR) is 153 cm³/mol. The van der Waals surface area contributed by atoms with Crippen LogP contribution < -0.4 is 5.73 Å². The zero-order chi connectivity index (χ0) is 30.7. The van der Waals surface area contributed by atoms with Gasteiger partial charge in [0.25, 0.3) is 5.91 Å². The number of aliphatic hydroxyl groups is 3. The molecule has 5 rings (SSSR count). The second-order valence-corrected chi connectivity index (χ2v) is 11.5. The van der Waals surface area contributed by atoms with Gasteiger partial charge in [-0.05, 0) is 67.6 Å². The first-order chi connectivity index (χ1) is 19.8. The first-order valence-electron chi connectivity index (χ1n) is 13.9. The zero-order valence-electron chi connectivity index (χ0n) is 23.7. The van der Waals surface area contributed by atoms with Crippen LogP contribution in [0.2, 0.25) is 0 Å². The molecule has 3 aliphatic carbocycles. The van der Waals surface area contributed by atoms with E-state index >= 15 is 0 Å². The number of phenolic OH excluding ortho intramolecular Hbond substituents is 1. The van der Waals surface area contributed by atoms with Crippen molar-refractivity contribution in [3.63, 3.8) is 0 Å². The number of amides is 1. The molecule has 0 saturated heterocycles. The van der Waals surface area contributed by atoms with Crippen molar-refractivity contribution in [3.05, 3.63) is 75.8 Å². The van der Waals surface area contributed by atoms with Crippen molar-refractivity contribution in [2.24, 2.45) is 17.6 Å². The highest BCUT2D eigenvalue weighted by Gasteiger charge is 2.63. The molecule has 4 unspecified atom stereocenters. The number of nitrogens with two attached hydrogens (primary N) is 1. The Morgan fingerprint density at radius 2 is 1.81 bits per heavy atom. The van der Waals surface area contributed by atoms with Crippen LogP contribution in [0.3, 0.4) is 0 Å². The SMILES string of the molecule is CCC(=O)CCc1cccc(-c2ccc(O)c3c2CC2CC4C(N(C)C)C(O)=C(C(N)=O)C(=O)C4(O)C(O)=C2C3=O)c1. The summed E-state index contributed by atoms with van der Waals surface area (Å²) >= 11 is 0. The molecule has 0 radical (unpaired) electrons. The van der Waals surface area contributed by atoms with E-state index in [-0.39, 0.29) is 35.5 Å². The van der Waals surface area contributed by atoms with Crippen LogP contribution in [0.4, 0.5) is 0 Å². The maximum atomic E-state index is 14.0. The smallest absolute Gasteiger partial charge is 0.255 e. The van der Waals surface area contributed by atoms with E-state index in [1.807, 2.05) is 31.2 Å². The number of nitrogens with zero attached hydrogens (tertiary/aromatic N) is 1. The Kier molecular flexibility index (Phi) is 7.32. The van der Waals surface area contributed by atoms with Crippen molar-refractivity contribution in [2.75, 3.05) is 14.1 Å². The van der Waals surface area contributed by atoms with E-state index < -0.39 is 58.0 Å². The van der Waals surface area contributed by atoms with Gasteiger partial charge in [-0.1, -0.05) is 37.3 Å². The number of fused-ring (bicyclic) bond motifs is 3. The van der Waals surface area contributed by atoms with Crippen LogP contribution in [-0.4, -0.2) is 74.3 Å². The Morgan fingerprint density at radius 3 is 2.45 bits per heavy atom. The van der Waals surface area contributed by atoms with E-state index in [4.69, 9.17) is 5.73 Å². The fourth-order valence-corrected chi connectivity index (χ4v) is 6.88. The second kappa shape index (κ2) is 10.5. The van der Waals surface area contributed by atoms with Crippen molar-refractivity contribution in [2.45, 2.75) is 50.7 Å². The highest BCUT2D eigenvalue weighted by molar-refractivity contribution is 6.24. The van der Waals surface area contributed by atoms with Gasteiger partial charge in [-0.2, -0.15) is 0 Å². The van der Waals surface area contributed by atoms with Crippen LogP contribution >= 0.6 is 0 Å². The Morgan fingerprint density at radius 1 is 1.10 bits per heavy atom. The van der Waals surface area contributed by atoms with E-state index in [0.717, 1.165) is 11.1 Å². The number of allylic oxidation sites excluding steroid dienone is 1. The number of aliphatic hydroxyl groups excluding tert-OH is 2. The number of carbonyl (C=O) groups is 4. The predicted octanol–water partition coefficient (Wildman–Crippen LogP) is 2.70. The maximum absolute atomic E-state index is 14.0. The number of benzene rings is 2. The minimum atomic E-state index is -2.68. The molecule has 10 nitrogen and oxygen atoms in total. The fourth-order valence-electron chi connectivity index (χ4n) is 6.88. The molecule has 10 heteroatoms. The van der Waals surface area contributed by atoms with Gasteiger partial charge in [0, 0.05) is 24.3 Å². The molecule has 0 fully saturated rings. The van der Waals surface area contributed by atoms with Gasteiger partial charge in [0.2, 0.25) is 5.78 Å². The van der Waals surface area contributed by atoms with E-state index in [0.29, 0.717) is 30.4 Å². The topological polar surface area (TPSA) is 178 Å². The molecule has 0 saturated carbocycles.